The lowest BCUT2D eigenvalue weighted by molar-refractivity contribution is -0.137. The Morgan fingerprint density at radius 1 is 1.18 bits per heavy atom. The summed E-state index contributed by atoms with van der Waals surface area (Å²) in [7, 11) is 1.38. The zero-order valence-electron chi connectivity index (χ0n) is 18.5. The van der Waals surface area contributed by atoms with Gasteiger partial charge in [0.25, 0.3) is 0 Å². The molecular weight excluding hydrogens is 450 g/mol. The lowest BCUT2D eigenvalue weighted by Gasteiger charge is -2.26. The highest BCUT2D eigenvalue weighted by molar-refractivity contribution is 7.98. The molecule has 6 nitrogen and oxygen atoms in total. The van der Waals surface area contributed by atoms with E-state index in [1.165, 1.54) is 13.2 Å². The molecule has 1 aliphatic heterocycles. The second-order valence-corrected chi connectivity index (χ2v) is 9.04. The molecule has 1 atom stereocenters. The lowest BCUT2D eigenvalue weighted by Crippen LogP contribution is -2.38. The van der Waals surface area contributed by atoms with Crippen LogP contribution in [0.4, 0.5) is 14.5 Å². The van der Waals surface area contributed by atoms with Gasteiger partial charge in [-0.3, -0.25) is 9.59 Å². The number of nitrogens with zero attached hydrogens (tertiary/aromatic N) is 2. The number of amides is 2. The zero-order valence-corrected chi connectivity index (χ0v) is 19.3. The second-order valence-electron chi connectivity index (χ2n) is 8.16. The van der Waals surface area contributed by atoms with E-state index in [1.807, 2.05) is 30.5 Å². The third kappa shape index (κ3) is 5.40. The minimum Gasteiger partial charge on any atom is -0.493 e. The Morgan fingerprint density at radius 2 is 1.91 bits per heavy atom. The van der Waals surface area contributed by atoms with Crippen LogP contribution in [0.15, 0.2) is 47.4 Å². The van der Waals surface area contributed by atoms with E-state index in [0.717, 1.165) is 29.0 Å². The van der Waals surface area contributed by atoms with Gasteiger partial charge in [-0.1, -0.05) is 6.07 Å². The highest BCUT2D eigenvalue weighted by Crippen LogP contribution is 2.35. The number of alkyl halides is 2. The van der Waals surface area contributed by atoms with Crippen LogP contribution in [0.5, 0.6) is 11.5 Å². The van der Waals surface area contributed by atoms with E-state index >= 15 is 0 Å². The molecule has 176 valence electrons. The number of methoxy groups -OCH3 is 1. The Bertz CT molecular complexity index is 1010. The number of rotatable bonds is 9. The van der Waals surface area contributed by atoms with Crippen molar-refractivity contribution in [1.82, 2.24) is 4.90 Å². The molecule has 0 aromatic heterocycles. The Labute approximate surface area is 195 Å². The molecule has 0 bridgehead atoms. The van der Waals surface area contributed by atoms with Crippen LogP contribution in [-0.2, 0) is 16.1 Å². The maximum absolute atomic E-state index is 13.4. The summed E-state index contributed by atoms with van der Waals surface area (Å²) in [6, 6.07) is 12.6. The van der Waals surface area contributed by atoms with E-state index in [9.17, 15) is 18.4 Å². The van der Waals surface area contributed by atoms with Gasteiger partial charge in [-0.05, 0) is 61.1 Å². The normalized spacial score (nSPS) is 18.0. The van der Waals surface area contributed by atoms with Crippen LogP contribution >= 0.6 is 11.8 Å². The summed E-state index contributed by atoms with van der Waals surface area (Å²) in [5, 5.41) is 0. The topological polar surface area (TPSA) is 59.1 Å². The molecule has 1 saturated carbocycles. The summed E-state index contributed by atoms with van der Waals surface area (Å²) < 4.78 is 34.9. The molecule has 9 heteroatoms. The highest BCUT2D eigenvalue weighted by Gasteiger charge is 2.41. The highest BCUT2D eigenvalue weighted by atomic mass is 32.2. The largest absolute Gasteiger partial charge is 0.493 e. The summed E-state index contributed by atoms with van der Waals surface area (Å²) in [5.74, 6) is -0.393. The fraction of sp³-hybridized carbons (Fsp3) is 0.417. The first-order valence-corrected chi connectivity index (χ1v) is 12.0. The molecule has 0 N–H and O–H groups in total. The van der Waals surface area contributed by atoms with Crippen LogP contribution in [0, 0.1) is 5.92 Å². The summed E-state index contributed by atoms with van der Waals surface area (Å²) in [6.07, 6.45) is 3.99. The minimum absolute atomic E-state index is 0.0509. The van der Waals surface area contributed by atoms with Crippen molar-refractivity contribution in [2.75, 3.05) is 24.8 Å². The van der Waals surface area contributed by atoms with E-state index in [0.29, 0.717) is 13.1 Å². The molecular formula is C24H26F2N2O4S. The van der Waals surface area contributed by atoms with Gasteiger partial charge in [-0.2, -0.15) is 8.78 Å². The quantitative estimate of drug-likeness (QED) is 0.497. The predicted octanol–water partition coefficient (Wildman–Crippen LogP) is 4.56. The minimum atomic E-state index is -2.95. The average Bonchev–Trinajstić information content (AvgIpc) is 3.58. The van der Waals surface area contributed by atoms with Gasteiger partial charge in [0, 0.05) is 36.1 Å². The molecule has 0 radical (unpaired) electrons. The standard InChI is InChI=1S/C24H26F2N2O4S/c1-31-21-11-15(3-10-20(21)32-24(25)26)13-28(18-4-5-18)23(30)16-12-22(29)27(14-16)17-6-8-19(33-2)9-7-17/h3,6-11,16,18,24H,4-5,12-14H2,1-2H3. The van der Waals surface area contributed by atoms with Crippen molar-refractivity contribution >= 4 is 29.3 Å². The molecule has 1 aliphatic carbocycles. The predicted molar refractivity (Wildman–Crippen MR) is 122 cm³/mol. The molecule has 0 spiro atoms. The molecule has 1 unspecified atom stereocenters. The molecule has 2 amide bonds. The van der Waals surface area contributed by atoms with Crippen molar-refractivity contribution < 1.29 is 27.8 Å². The van der Waals surface area contributed by atoms with Gasteiger partial charge in [0.2, 0.25) is 11.8 Å². The molecule has 2 aromatic carbocycles. The van der Waals surface area contributed by atoms with Gasteiger partial charge in [0.1, 0.15) is 0 Å². The molecule has 1 saturated heterocycles. The SMILES string of the molecule is COc1cc(CN(C(=O)C2CC(=O)N(c3ccc(SC)cc3)C2)C2CC2)ccc1OC(F)F. The van der Waals surface area contributed by atoms with Crippen LogP contribution in [0.3, 0.4) is 0 Å². The number of benzene rings is 2. The first-order valence-electron chi connectivity index (χ1n) is 10.8. The van der Waals surface area contributed by atoms with Crippen LogP contribution in [-0.4, -0.2) is 49.3 Å². The number of ether oxygens (including phenoxy) is 2. The first kappa shape index (κ1) is 23.4. The number of halogens is 2. The fourth-order valence-corrected chi connectivity index (χ4v) is 4.50. The number of hydrogen-bond acceptors (Lipinski definition) is 5. The lowest BCUT2D eigenvalue weighted by atomic mass is 10.1. The van der Waals surface area contributed by atoms with E-state index in [4.69, 9.17) is 4.74 Å². The molecule has 2 aliphatic rings. The zero-order chi connectivity index (χ0) is 23.5. The molecule has 1 heterocycles. The number of anilines is 1. The van der Waals surface area contributed by atoms with Gasteiger partial charge in [-0.25, -0.2) is 0 Å². The Hall–Kier alpha value is -2.81. The van der Waals surface area contributed by atoms with Gasteiger partial charge < -0.3 is 19.3 Å². The Kier molecular flexibility index (Phi) is 7.07. The Balaban J connectivity index is 1.47. The van der Waals surface area contributed by atoms with Crippen LogP contribution < -0.4 is 14.4 Å². The number of carbonyl (C=O) groups excluding carboxylic acids is 2. The molecule has 4 rings (SSSR count). The molecule has 2 fully saturated rings. The van der Waals surface area contributed by atoms with Gasteiger partial charge >= 0.3 is 6.61 Å². The number of thioether (sulfide) groups is 1. The van der Waals surface area contributed by atoms with Gasteiger partial charge in [-0.15, -0.1) is 11.8 Å². The summed E-state index contributed by atoms with van der Waals surface area (Å²) in [5.41, 5.74) is 1.55. The van der Waals surface area contributed by atoms with E-state index < -0.39 is 12.5 Å². The monoisotopic (exact) mass is 476 g/mol. The van der Waals surface area contributed by atoms with Crippen molar-refractivity contribution in [2.24, 2.45) is 5.92 Å². The van der Waals surface area contributed by atoms with Crippen molar-refractivity contribution in [2.45, 2.75) is 43.4 Å². The first-order chi connectivity index (χ1) is 15.9. The summed E-state index contributed by atoms with van der Waals surface area (Å²) in [6.45, 7) is -2.28. The Morgan fingerprint density at radius 3 is 2.52 bits per heavy atom. The van der Waals surface area contributed by atoms with Crippen LogP contribution in [0.1, 0.15) is 24.8 Å². The maximum atomic E-state index is 13.4. The number of hydrogen-bond donors (Lipinski definition) is 0. The molecule has 33 heavy (non-hydrogen) atoms. The van der Waals surface area contributed by atoms with Crippen LogP contribution in [0.25, 0.3) is 0 Å². The molecule has 2 aromatic rings. The van der Waals surface area contributed by atoms with Crippen molar-refractivity contribution in [3.63, 3.8) is 0 Å². The summed E-state index contributed by atoms with van der Waals surface area (Å²) >= 11 is 1.63. The third-order valence-corrected chi connectivity index (χ3v) is 6.67. The van der Waals surface area contributed by atoms with E-state index in [1.54, 1.807) is 33.7 Å². The third-order valence-electron chi connectivity index (χ3n) is 5.93. The van der Waals surface area contributed by atoms with Crippen molar-refractivity contribution in [1.29, 1.82) is 0 Å². The van der Waals surface area contributed by atoms with Crippen molar-refractivity contribution in [3.8, 4) is 11.5 Å². The average molecular weight is 477 g/mol. The maximum Gasteiger partial charge on any atom is 0.387 e. The summed E-state index contributed by atoms with van der Waals surface area (Å²) in [4.78, 5) is 30.7. The van der Waals surface area contributed by atoms with Gasteiger partial charge in [0.05, 0.1) is 13.0 Å². The van der Waals surface area contributed by atoms with Crippen molar-refractivity contribution in [3.05, 3.63) is 48.0 Å². The number of carbonyl (C=O) groups is 2. The van der Waals surface area contributed by atoms with Crippen LogP contribution in [0.2, 0.25) is 0 Å². The smallest absolute Gasteiger partial charge is 0.387 e. The second kappa shape index (κ2) is 9.99. The van der Waals surface area contributed by atoms with E-state index in [2.05, 4.69) is 4.74 Å². The van der Waals surface area contributed by atoms with E-state index in [-0.39, 0.29) is 35.8 Å². The fourth-order valence-electron chi connectivity index (χ4n) is 4.09. The van der Waals surface area contributed by atoms with Gasteiger partial charge in [0.15, 0.2) is 11.5 Å².